The Morgan fingerprint density at radius 1 is 1.33 bits per heavy atom. The standard InChI is InChI=1S/C17H21NO3/c1-11-8-13(3)18(10-11)17(21)15-5-4-12(2)14(9-15)6-7-16(19)20/h4-7,9,11,13H,8,10H2,1-3H3,(H,19,20)/b7-6+. The molecule has 1 N–H and O–H groups in total. The van der Waals surface area contributed by atoms with Gasteiger partial charge in [-0.1, -0.05) is 13.0 Å². The molecular formula is C17H21NO3. The van der Waals surface area contributed by atoms with Crippen molar-refractivity contribution in [3.63, 3.8) is 0 Å². The minimum absolute atomic E-state index is 0.0248. The van der Waals surface area contributed by atoms with Gasteiger partial charge in [0, 0.05) is 24.2 Å². The van der Waals surface area contributed by atoms with Gasteiger partial charge in [0.25, 0.3) is 5.91 Å². The number of hydrogen-bond donors (Lipinski definition) is 1. The molecule has 1 aromatic rings. The average Bonchev–Trinajstić information content (AvgIpc) is 2.76. The average molecular weight is 287 g/mol. The van der Waals surface area contributed by atoms with Crippen LogP contribution in [0.1, 0.15) is 41.8 Å². The summed E-state index contributed by atoms with van der Waals surface area (Å²) in [5.74, 6) is -0.439. The van der Waals surface area contributed by atoms with Crippen LogP contribution in [-0.2, 0) is 4.79 Å². The first-order valence-electron chi connectivity index (χ1n) is 7.21. The molecule has 0 bridgehead atoms. The Balaban J connectivity index is 2.26. The Morgan fingerprint density at radius 3 is 2.62 bits per heavy atom. The summed E-state index contributed by atoms with van der Waals surface area (Å²) in [4.78, 5) is 25.1. The molecule has 1 saturated heterocycles. The largest absolute Gasteiger partial charge is 0.478 e. The van der Waals surface area contributed by atoms with Gasteiger partial charge in [0.15, 0.2) is 0 Å². The van der Waals surface area contributed by atoms with Gasteiger partial charge in [-0.3, -0.25) is 4.79 Å². The van der Waals surface area contributed by atoms with Gasteiger partial charge in [0.1, 0.15) is 0 Å². The van der Waals surface area contributed by atoms with Crippen molar-refractivity contribution < 1.29 is 14.7 Å². The van der Waals surface area contributed by atoms with Crippen molar-refractivity contribution in [2.24, 2.45) is 5.92 Å². The van der Waals surface area contributed by atoms with E-state index in [2.05, 4.69) is 13.8 Å². The Labute approximate surface area is 125 Å². The zero-order valence-corrected chi connectivity index (χ0v) is 12.7. The Morgan fingerprint density at radius 2 is 2.05 bits per heavy atom. The van der Waals surface area contributed by atoms with Gasteiger partial charge in [-0.15, -0.1) is 0 Å². The van der Waals surface area contributed by atoms with Crippen LogP contribution in [0.4, 0.5) is 0 Å². The summed E-state index contributed by atoms with van der Waals surface area (Å²) in [6, 6.07) is 5.70. The van der Waals surface area contributed by atoms with Gasteiger partial charge in [-0.25, -0.2) is 4.79 Å². The van der Waals surface area contributed by atoms with E-state index in [0.29, 0.717) is 11.5 Å². The number of likely N-dealkylation sites (tertiary alicyclic amines) is 1. The maximum absolute atomic E-state index is 12.6. The number of hydrogen-bond acceptors (Lipinski definition) is 2. The van der Waals surface area contributed by atoms with E-state index in [4.69, 9.17) is 5.11 Å². The zero-order chi connectivity index (χ0) is 15.6. The Hall–Kier alpha value is -2.10. The van der Waals surface area contributed by atoms with E-state index >= 15 is 0 Å². The number of carboxylic acids is 1. The third kappa shape index (κ3) is 3.51. The summed E-state index contributed by atoms with van der Waals surface area (Å²) in [5.41, 5.74) is 2.33. The lowest BCUT2D eigenvalue weighted by molar-refractivity contribution is -0.131. The second-order valence-corrected chi connectivity index (χ2v) is 5.89. The van der Waals surface area contributed by atoms with E-state index in [1.165, 1.54) is 6.08 Å². The number of carbonyl (C=O) groups excluding carboxylic acids is 1. The molecule has 1 heterocycles. The zero-order valence-electron chi connectivity index (χ0n) is 12.7. The monoisotopic (exact) mass is 287 g/mol. The molecule has 4 heteroatoms. The minimum Gasteiger partial charge on any atom is -0.478 e. The Bertz CT molecular complexity index is 592. The van der Waals surface area contributed by atoms with E-state index in [1.54, 1.807) is 6.07 Å². The van der Waals surface area contributed by atoms with Crippen LogP contribution in [0.25, 0.3) is 6.08 Å². The van der Waals surface area contributed by atoms with Crippen molar-refractivity contribution in [1.82, 2.24) is 4.90 Å². The van der Waals surface area contributed by atoms with Crippen LogP contribution < -0.4 is 0 Å². The van der Waals surface area contributed by atoms with Gasteiger partial charge in [0.2, 0.25) is 0 Å². The van der Waals surface area contributed by atoms with Crippen molar-refractivity contribution in [2.75, 3.05) is 6.54 Å². The second-order valence-electron chi connectivity index (χ2n) is 5.89. The molecule has 1 aliphatic heterocycles. The molecule has 1 fully saturated rings. The van der Waals surface area contributed by atoms with Crippen molar-refractivity contribution >= 4 is 18.0 Å². The summed E-state index contributed by atoms with van der Waals surface area (Å²) in [7, 11) is 0. The maximum atomic E-state index is 12.6. The maximum Gasteiger partial charge on any atom is 0.328 e. The second kappa shape index (κ2) is 6.12. The van der Waals surface area contributed by atoms with Crippen LogP contribution in [0.15, 0.2) is 24.3 Å². The lowest BCUT2D eigenvalue weighted by Crippen LogP contribution is -2.34. The number of aryl methyl sites for hydroxylation is 1. The molecule has 0 radical (unpaired) electrons. The molecular weight excluding hydrogens is 266 g/mol. The minimum atomic E-state index is -0.992. The molecule has 0 aliphatic carbocycles. The summed E-state index contributed by atoms with van der Waals surface area (Å²) < 4.78 is 0. The lowest BCUT2D eigenvalue weighted by atomic mass is 10.0. The fourth-order valence-electron chi connectivity index (χ4n) is 2.86. The highest BCUT2D eigenvalue weighted by atomic mass is 16.4. The highest BCUT2D eigenvalue weighted by Gasteiger charge is 2.30. The number of rotatable bonds is 3. The number of benzene rings is 1. The fraction of sp³-hybridized carbons (Fsp3) is 0.412. The number of aliphatic carboxylic acids is 1. The summed E-state index contributed by atoms with van der Waals surface area (Å²) in [5, 5.41) is 8.72. The summed E-state index contributed by atoms with van der Waals surface area (Å²) in [6.45, 7) is 6.91. The van der Waals surface area contributed by atoms with Gasteiger partial charge < -0.3 is 10.0 Å². The third-order valence-corrected chi connectivity index (χ3v) is 3.98. The highest BCUT2D eigenvalue weighted by Crippen LogP contribution is 2.25. The van der Waals surface area contributed by atoms with Crippen LogP contribution in [-0.4, -0.2) is 34.5 Å². The SMILES string of the molecule is Cc1ccc(C(=O)N2CC(C)CC2C)cc1/C=C/C(=O)O. The molecule has 2 atom stereocenters. The van der Waals surface area contributed by atoms with Crippen LogP contribution in [0.5, 0.6) is 0 Å². The summed E-state index contributed by atoms with van der Waals surface area (Å²) >= 11 is 0. The first-order valence-corrected chi connectivity index (χ1v) is 7.21. The van der Waals surface area contributed by atoms with Gasteiger partial charge in [0.05, 0.1) is 0 Å². The van der Waals surface area contributed by atoms with Crippen molar-refractivity contribution in [2.45, 2.75) is 33.2 Å². The van der Waals surface area contributed by atoms with Crippen LogP contribution in [0, 0.1) is 12.8 Å². The van der Waals surface area contributed by atoms with Gasteiger partial charge in [-0.2, -0.15) is 0 Å². The molecule has 1 amide bonds. The highest BCUT2D eigenvalue weighted by molar-refractivity contribution is 5.95. The van der Waals surface area contributed by atoms with Crippen molar-refractivity contribution in [1.29, 1.82) is 0 Å². The number of carbonyl (C=O) groups is 2. The first kappa shape index (κ1) is 15.3. The molecule has 2 unspecified atom stereocenters. The molecule has 2 rings (SSSR count). The molecule has 1 aromatic carbocycles. The van der Waals surface area contributed by atoms with Crippen LogP contribution in [0.3, 0.4) is 0 Å². The topological polar surface area (TPSA) is 57.6 Å². The molecule has 0 spiro atoms. The number of amides is 1. The van der Waals surface area contributed by atoms with Crippen LogP contribution >= 0.6 is 0 Å². The first-order chi connectivity index (χ1) is 9.88. The molecule has 1 aliphatic rings. The Kier molecular flexibility index (Phi) is 4.46. The van der Waals surface area contributed by atoms with Crippen molar-refractivity contribution in [3.8, 4) is 0 Å². The van der Waals surface area contributed by atoms with Gasteiger partial charge in [-0.05, 0) is 55.5 Å². The molecule has 21 heavy (non-hydrogen) atoms. The fourth-order valence-corrected chi connectivity index (χ4v) is 2.86. The normalized spacial score (nSPS) is 22.0. The predicted molar refractivity (Wildman–Crippen MR) is 82.1 cm³/mol. The van der Waals surface area contributed by atoms with E-state index in [0.717, 1.165) is 30.2 Å². The predicted octanol–water partition coefficient (Wildman–Crippen LogP) is 2.96. The summed E-state index contributed by atoms with van der Waals surface area (Å²) in [6.07, 6.45) is 3.66. The van der Waals surface area contributed by atoms with Crippen molar-refractivity contribution in [3.05, 3.63) is 41.0 Å². The van der Waals surface area contributed by atoms with Crippen LogP contribution in [0.2, 0.25) is 0 Å². The smallest absolute Gasteiger partial charge is 0.328 e. The quantitative estimate of drug-likeness (QED) is 0.870. The van der Waals surface area contributed by atoms with E-state index in [-0.39, 0.29) is 11.9 Å². The van der Waals surface area contributed by atoms with E-state index in [9.17, 15) is 9.59 Å². The number of carboxylic acid groups (broad SMARTS) is 1. The molecule has 0 aromatic heterocycles. The van der Waals surface area contributed by atoms with Gasteiger partial charge >= 0.3 is 5.97 Å². The molecule has 4 nitrogen and oxygen atoms in total. The van der Waals surface area contributed by atoms with E-state index in [1.807, 2.05) is 24.0 Å². The lowest BCUT2D eigenvalue weighted by Gasteiger charge is -2.22. The van der Waals surface area contributed by atoms with E-state index < -0.39 is 5.97 Å². The third-order valence-electron chi connectivity index (χ3n) is 3.98. The number of nitrogens with zero attached hydrogens (tertiary/aromatic N) is 1. The molecule has 112 valence electrons. The molecule has 0 saturated carbocycles.